The minimum atomic E-state index is -1.11. The molecule has 2 amide bonds. The summed E-state index contributed by atoms with van der Waals surface area (Å²) in [6.07, 6.45) is 0. The predicted octanol–water partition coefficient (Wildman–Crippen LogP) is 0.758. The first-order chi connectivity index (χ1) is 8.65. The van der Waals surface area contributed by atoms with Crippen molar-refractivity contribution in [2.45, 2.75) is 6.04 Å². The molecule has 0 bridgehead atoms. The van der Waals surface area contributed by atoms with E-state index in [9.17, 15) is 9.59 Å². The molecule has 0 aliphatic heterocycles. The number of hydrogen-bond donors (Lipinski definition) is 3. The summed E-state index contributed by atoms with van der Waals surface area (Å²) in [5.74, 6) is -1.11. The molecular formula is C12H16N2O4. The number of rotatable bonds is 6. The fraction of sp³-hybridized carbons (Fsp3) is 0.333. The van der Waals surface area contributed by atoms with Crippen molar-refractivity contribution in [3.63, 3.8) is 0 Å². The normalized spacial score (nSPS) is 11.6. The highest BCUT2D eigenvalue weighted by atomic mass is 16.5. The highest BCUT2D eigenvalue weighted by molar-refractivity contribution is 5.83. The van der Waals surface area contributed by atoms with Gasteiger partial charge in [-0.1, -0.05) is 30.3 Å². The number of methoxy groups -OCH3 is 1. The van der Waals surface area contributed by atoms with Crippen molar-refractivity contribution in [1.82, 2.24) is 10.6 Å². The van der Waals surface area contributed by atoms with E-state index in [0.717, 1.165) is 0 Å². The number of carbonyl (C=O) groups is 2. The van der Waals surface area contributed by atoms with Gasteiger partial charge in [0.2, 0.25) is 0 Å². The lowest BCUT2D eigenvalue weighted by atomic mass is 10.1. The first kappa shape index (κ1) is 14.0. The van der Waals surface area contributed by atoms with Crippen molar-refractivity contribution in [2.24, 2.45) is 0 Å². The van der Waals surface area contributed by atoms with Gasteiger partial charge in [-0.05, 0) is 5.56 Å². The van der Waals surface area contributed by atoms with E-state index >= 15 is 0 Å². The first-order valence-corrected chi connectivity index (χ1v) is 5.46. The highest BCUT2D eigenvalue weighted by Gasteiger charge is 2.21. The number of ether oxygens (including phenoxy) is 1. The van der Waals surface area contributed by atoms with Gasteiger partial charge in [0.1, 0.15) is 0 Å². The molecule has 0 aromatic heterocycles. The van der Waals surface area contributed by atoms with Crippen molar-refractivity contribution in [3.8, 4) is 0 Å². The molecule has 0 saturated carbocycles. The molecule has 6 nitrogen and oxygen atoms in total. The summed E-state index contributed by atoms with van der Waals surface area (Å²) >= 11 is 0. The Balaban J connectivity index is 2.59. The van der Waals surface area contributed by atoms with E-state index in [1.165, 1.54) is 7.11 Å². The molecule has 0 saturated heterocycles. The third kappa shape index (κ3) is 4.42. The number of aliphatic carboxylic acids is 1. The second-order valence-corrected chi connectivity index (χ2v) is 3.57. The van der Waals surface area contributed by atoms with Crippen LogP contribution in [0.25, 0.3) is 0 Å². The van der Waals surface area contributed by atoms with Crippen LogP contribution in [0.5, 0.6) is 0 Å². The Labute approximate surface area is 105 Å². The maximum Gasteiger partial charge on any atom is 0.330 e. The van der Waals surface area contributed by atoms with Crippen LogP contribution in [-0.2, 0) is 9.53 Å². The van der Waals surface area contributed by atoms with Crippen molar-refractivity contribution >= 4 is 12.0 Å². The van der Waals surface area contributed by atoms with Crippen LogP contribution in [-0.4, -0.2) is 37.4 Å². The molecule has 6 heteroatoms. The van der Waals surface area contributed by atoms with Crippen LogP contribution in [0.3, 0.4) is 0 Å². The topological polar surface area (TPSA) is 87.7 Å². The minimum absolute atomic E-state index is 0.323. The van der Waals surface area contributed by atoms with Crippen LogP contribution in [0.15, 0.2) is 30.3 Å². The first-order valence-electron chi connectivity index (χ1n) is 5.46. The lowest BCUT2D eigenvalue weighted by Crippen LogP contribution is -2.41. The number of benzene rings is 1. The number of nitrogens with one attached hydrogen (secondary N) is 2. The molecule has 0 heterocycles. The van der Waals surface area contributed by atoms with Gasteiger partial charge in [0.25, 0.3) is 0 Å². The van der Waals surface area contributed by atoms with E-state index in [4.69, 9.17) is 9.84 Å². The van der Waals surface area contributed by atoms with E-state index in [-0.39, 0.29) is 0 Å². The number of amides is 2. The Bertz CT molecular complexity index is 394. The van der Waals surface area contributed by atoms with Crippen molar-refractivity contribution in [3.05, 3.63) is 35.9 Å². The van der Waals surface area contributed by atoms with Gasteiger partial charge >= 0.3 is 12.0 Å². The van der Waals surface area contributed by atoms with Crippen LogP contribution in [0.4, 0.5) is 4.79 Å². The molecule has 98 valence electrons. The van der Waals surface area contributed by atoms with Crippen LogP contribution in [0, 0.1) is 0 Å². The molecule has 1 aromatic carbocycles. The highest BCUT2D eigenvalue weighted by Crippen LogP contribution is 2.12. The molecule has 1 aromatic rings. The molecule has 3 N–H and O–H groups in total. The second kappa shape index (κ2) is 7.29. The van der Waals surface area contributed by atoms with E-state index in [2.05, 4.69) is 10.6 Å². The van der Waals surface area contributed by atoms with Crippen LogP contribution in [0.1, 0.15) is 11.6 Å². The number of carboxylic acids is 1. The summed E-state index contributed by atoms with van der Waals surface area (Å²) in [6.45, 7) is 0.694. The van der Waals surface area contributed by atoms with Gasteiger partial charge < -0.3 is 20.5 Å². The Hall–Kier alpha value is -2.08. The van der Waals surface area contributed by atoms with Gasteiger partial charge in [0.15, 0.2) is 6.04 Å². The monoisotopic (exact) mass is 252 g/mol. The zero-order valence-corrected chi connectivity index (χ0v) is 10.1. The molecule has 0 radical (unpaired) electrons. The largest absolute Gasteiger partial charge is 0.479 e. The fourth-order valence-corrected chi connectivity index (χ4v) is 1.38. The third-order valence-electron chi connectivity index (χ3n) is 2.25. The van der Waals surface area contributed by atoms with Crippen molar-refractivity contribution in [1.29, 1.82) is 0 Å². The summed E-state index contributed by atoms with van der Waals surface area (Å²) in [6, 6.07) is 6.91. The Kier molecular flexibility index (Phi) is 5.66. The standard InChI is InChI=1S/C12H16N2O4/c1-18-8-7-13-12(17)14-10(11(15)16)9-5-3-2-4-6-9/h2-6,10H,7-8H2,1H3,(H,15,16)(H2,13,14,17)/t10-/m1/s1. The third-order valence-corrected chi connectivity index (χ3v) is 2.25. The Morgan fingerprint density at radius 3 is 2.56 bits per heavy atom. The van der Waals surface area contributed by atoms with Crippen molar-refractivity contribution < 1.29 is 19.4 Å². The molecule has 18 heavy (non-hydrogen) atoms. The molecule has 0 unspecified atom stereocenters. The van der Waals surface area contributed by atoms with Crippen LogP contribution >= 0.6 is 0 Å². The Morgan fingerprint density at radius 2 is 2.00 bits per heavy atom. The minimum Gasteiger partial charge on any atom is -0.479 e. The molecule has 1 rings (SSSR count). The maximum atomic E-state index is 11.5. The number of hydrogen-bond acceptors (Lipinski definition) is 3. The lowest BCUT2D eigenvalue weighted by molar-refractivity contribution is -0.139. The van der Waals surface area contributed by atoms with Gasteiger partial charge in [-0.25, -0.2) is 9.59 Å². The number of carboxylic acid groups (broad SMARTS) is 1. The van der Waals surface area contributed by atoms with Crippen LogP contribution in [0.2, 0.25) is 0 Å². The molecule has 0 fully saturated rings. The van der Waals surface area contributed by atoms with Crippen LogP contribution < -0.4 is 10.6 Å². The lowest BCUT2D eigenvalue weighted by Gasteiger charge is -2.15. The number of urea groups is 1. The zero-order chi connectivity index (χ0) is 13.4. The van der Waals surface area contributed by atoms with E-state index < -0.39 is 18.0 Å². The second-order valence-electron chi connectivity index (χ2n) is 3.57. The quantitative estimate of drug-likeness (QED) is 0.652. The van der Waals surface area contributed by atoms with Gasteiger partial charge in [0, 0.05) is 13.7 Å². The van der Waals surface area contributed by atoms with Gasteiger partial charge in [0.05, 0.1) is 6.61 Å². The Morgan fingerprint density at radius 1 is 1.33 bits per heavy atom. The van der Waals surface area contributed by atoms with Gasteiger partial charge in [-0.3, -0.25) is 0 Å². The summed E-state index contributed by atoms with van der Waals surface area (Å²) in [5.41, 5.74) is 0.520. The van der Waals surface area contributed by atoms with E-state index in [0.29, 0.717) is 18.7 Å². The average molecular weight is 252 g/mol. The van der Waals surface area contributed by atoms with Gasteiger partial charge in [-0.2, -0.15) is 0 Å². The maximum absolute atomic E-state index is 11.5. The predicted molar refractivity (Wildman–Crippen MR) is 65.2 cm³/mol. The summed E-state index contributed by atoms with van der Waals surface area (Å²) in [7, 11) is 1.52. The smallest absolute Gasteiger partial charge is 0.330 e. The SMILES string of the molecule is COCCNC(=O)N[C@@H](C(=O)O)c1ccccc1. The molecule has 1 atom stereocenters. The number of carbonyl (C=O) groups excluding carboxylic acids is 1. The molecule has 0 aliphatic carbocycles. The van der Waals surface area contributed by atoms with Crippen molar-refractivity contribution in [2.75, 3.05) is 20.3 Å². The molecular weight excluding hydrogens is 236 g/mol. The summed E-state index contributed by atoms with van der Waals surface area (Å²) < 4.78 is 4.77. The average Bonchev–Trinajstić information content (AvgIpc) is 2.37. The molecule has 0 aliphatic rings. The van der Waals surface area contributed by atoms with Gasteiger partial charge in [-0.15, -0.1) is 0 Å². The summed E-state index contributed by atoms with van der Waals surface area (Å²) in [5, 5.41) is 14.0. The summed E-state index contributed by atoms with van der Waals surface area (Å²) in [4.78, 5) is 22.6. The molecule has 0 spiro atoms. The fourth-order valence-electron chi connectivity index (χ4n) is 1.38. The zero-order valence-electron chi connectivity index (χ0n) is 10.1. The van der Waals surface area contributed by atoms with E-state index in [1.54, 1.807) is 30.3 Å². The van der Waals surface area contributed by atoms with E-state index in [1.807, 2.05) is 0 Å².